The third-order valence-corrected chi connectivity index (χ3v) is 3.45. The van der Waals surface area contributed by atoms with Crippen LogP contribution in [0.5, 0.6) is 0 Å². The fraction of sp³-hybridized carbons (Fsp3) is 0.538. The Morgan fingerprint density at radius 3 is 2.70 bits per heavy atom. The normalized spacial score (nSPS) is 18.1. The van der Waals surface area contributed by atoms with Crippen LogP contribution in [0.15, 0.2) is 24.7 Å². The monoisotopic (exact) mass is 278 g/mol. The maximum Gasteiger partial charge on any atom is 0.566 e. The summed E-state index contributed by atoms with van der Waals surface area (Å²) < 4.78 is 17.7. The first-order chi connectivity index (χ1) is 9.18. The van der Waals surface area contributed by atoms with Gasteiger partial charge in [-0.2, -0.15) is 5.10 Å². The second-order valence-electron chi connectivity index (χ2n) is 5.77. The lowest BCUT2D eigenvalue weighted by molar-refractivity contribution is -0.150. The van der Waals surface area contributed by atoms with E-state index >= 15 is 0 Å². The van der Waals surface area contributed by atoms with E-state index in [0.717, 1.165) is 5.46 Å². The molecule has 1 aromatic heterocycles. The molecule has 0 aromatic carbocycles. The molecule has 0 aliphatic carbocycles. The van der Waals surface area contributed by atoms with Gasteiger partial charge in [0.2, 0.25) is 0 Å². The molecule has 20 heavy (non-hydrogen) atoms. The van der Waals surface area contributed by atoms with Gasteiger partial charge < -0.3 is 14.0 Å². The Labute approximate surface area is 118 Å². The van der Waals surface area contributed by atoms with Crippen molar-refractivity contribution in [2.45, 2.75) is 38.8 Å². The van der Waals surface area contributed by atoms with Gasteiger partial charge in [-0.15, -0.1) is 0 Å². The molecule has 1 saturated heterocycles. The quantitative estimate of drug-likeness (QED) is 0.605. The standard InChI is InChI=1S/C13H19BN2O4/c1-9-13(4,5)20-14(19-9)10-7-15-16(8-10)12(2,3)11(17)18-6/h7-8H,1H2,2-6H3. The molecule has 7 heteroatoms. The van der Waals surface area contributed by atoms with E-state index < -0.39 is 18.3 Å². The van der Waals surface area contributed by atoms with Gasteiger partial charge in [0.15, 0.2) is 5.54 Å². The van der Waals surface area contributed by atoms with Crippen LogP contribution >= 0.6 is 0 Å². The Bertz CT molecular complexity index is 550. The number of esters is 1. The van der Waals surface area contributed by atoms with Gasteiger partial charge in [0.25, 0.3) is 0 Å². The Hall–Kier alpha value is -1.76. The van der Waals surface area contributed by atoms with E-state index in [2.05, 4.69) is 11.7 Å². The van der Waals surface area contributed by atoms with Crippen LogP contribution in [0.2, 0.25) is 0 Å². The fourth-order valence-electron chi connectivity index (χ4n) is 1.87. The van der Waals surface area contributed by atoms with Crippen molar-refractivity contribution in [3.8, 4) is 0 Å². The number of hydrogen-bond acceptors (Lipinski definition) is 5. The van der Waals surface area contributed by atoms with Crippen molar-refractivity contribution >= 4 is 18.6 Å². The third kappa shape index (κ3) is 2.33. The summed E-state index contributed by atoms with van der Waals surface area (Å²) in [5.74, 6) is 0.202. The number of carbonyl (C=O) groups is 1. The van der Waals surface area contributed by atoms with Gasteiger partial charge in [0, 0.05) is 11.7 Å². The first-order valence-electron chi connectivity index (χ1n) is 6.36. The lowest BCUT2D eigenvalue weighted by Crippen LogP contribution is -2.38. The molecule has 0 atom stereocenters. The smallest absolute Gasteiger partial charge is 0.534 e. The van der Waals surface area contributed by atoms with Crippen molar-refractivity contribution in [3.05, 3.63) is 24.7 Å². The van der Waals surface area contributed by atoms with Crippen LogP contribution in [-0.4, -0.2) is 35.6 Å². The van der Waals surface area contributed by atoms with E-state index in [1.807, 2.05) is 13.8 Å². The zero-order valence-corrected chi connectivity index (χ0v) is 12.5. The maximum absolute atomic E-state index is 11.8. The molecule has 0 unspecified atom stereocenters. The topological polar surface area (TPSA) is 62.6 Å². The van der Waals surface area contributed by atoms with Crippen LogP contribution in [0.4, 0.5) is 0 Å². The number of rotatable bonds is 3. The summed E-state index contributed by atoms with van der Waals surface area (Å²) >= 11 is 0. The lowest BCUT2D eigenvalue weighted by Gasteiger charge is -2.21. The summed E-state index contributed by atoms with van der Waals surface area (Å²) in [6.45, 7) is 11.1. The highest BCUT2D eigenvalue weighted by atomic mass is 16.7. The number of nitrogens with zero attached hydrogens (tertiary/aromatic N) is 2. The predicted molar refractivity (Wildman–Crippen MR) is 74.3 cm³/mol. The minimum Gasteiger partial charge on any atom is -0.534 e. The van der Waals surface area contributed by atoms with Crippen molar-refractivity contribution in [1.29, 1.82) is 0 Å². The predicted octanol–water partition coefficient (Wildman–Crippen LogP) is 0.825. The number of ether oxygens (including phenoxy) is 1. The van der Waals surface area contributed by atoms with Crippen LogP contribution in [0.25, 0.3) is 0 Å². The molecule has 0 spiro atoms. The first kappa shape index (κ1) is 14.6. The molecule has 1 aromatic rings. The van der Waals surface area contributed by atoms with Crippen molar-refractivity contribution in [2.24, 2.45) is 0 Å². The van der Waals surface area contributed by atoms with Crippen LogP contribution in [-0.2, 0) is 24.4 Å². The van der Waals surface area contributed by atoms with Gasteiger partial charge in [-0.25, -0.2) is 4.79 Å². The molecule has 0 saturated carbocycles. The Morgan fingerprint density at radius 1 is 1.55 bits per heavy atom. The van der Waals surface area contributed by atoms with Crippen molar-refractivity contribution in [3.63, 3.8) is 0 Å². The molecule has 0 amide bonds. The van der Waals surface area contributed by atoms with E-state index in [1.54, 1.807) is 26.2 Å². The number of carbonyl (C=O) groups excluding carboxylic acids is 1. The zero-order chi connectivity index (χ0) is 15.1. The molecular formula is C13H19BN2O4. The van der Waals surface area contributed by atoms with Gasteiger partial charge in [0.05, 0.1) is 19.1 Å². The number of aromatic nitrogens is 2. The lowest BCUT2D eigenvalue weighted by atomic mass is 9.82. The van der Waals surface area contributed by atoms with E-state index in [9.17, 15) is 4.79 Å². The van der Waals surface area contributed by atoms with Gasteiger partial charge in [-0.1, -0.05) is 6.58 Å². The molecular weight excluding hydrogens is 259 g/mol. The highest BCUT2D eigenvalue weighted by Crippen LogP contribution is 2.29. The van der Waals surface area contributed by atoms with E-state index in [1.165, 1.54) is 11.8 Å². The molecule has 0 bridgehead atoms. The summed E-state index contributed by atoms with van der Waals surface area (Å²) in [5.41, 5.74) is -0.698. The van der Waals surface area contributed by atoms with Crippen LogP contribution < -0.4 is 5.46 Å². The van der Waals surface area contributed by atoms with E-state index in [4.69, 9.17) is 14.0 Å². The molecule has 1 aliphatic rings. The Kier molecular flexibility index (Phi) is 3.41. The zero-order valence-electron chi connectivity index (χ0n) is 12.5. The van der Waals surface area contributed by atoms with Gasteiger partial charge in [-0.05, 0) is 27.7 Å². The third-order valence-electron chi connectivity index (χ3n) is 3.45. The summed E-state index contributed by atoms with van der Waals surface area (Å²) in [6.07, 6.45) is 3.33. The summed E-state index contributed by atoms with van der Waals surface area (Å²) in [6, 6.07) is 0. The van der Waals surface area contributed by atoms with Crippen LogP contribution in [0.3, 0.4) is 0 Å². The average molecular weight is 278 g/mol. The maximum atomic E-state index is 11.8. The minimum absolute atomic E-state index is 0.370. The molecule has 2 rings (SSSR count). The Morgan fingerprint density at radius 2 is 2.20 bits per heavy atom. The van der Waals surface area contributed by atoms with Crippen LogP contribution in [0, 0.1) is 0 Å². The molecule has 1 fully saturated rings. The highest BCUT2D eigenvalue weighted by Gasteiger charge is 2.44. The van der Waals surface area contributed by atoms with Gasteiger partial charge >= 0.3 is 13.1 Å². The van der Waals surface area contributed by atoms with Crippen LogP contribution in [0.1, 0.15) is 27.7 Å². The second kappa shape index (κ2) is 4.66. The van der Waals surface area contributed by atoms with Gasteiger partial charge in [-0.3, -0.25) is 4.68 Å². The first-order valence-corrected chi connectivity index (χ1v) is 6.36. The van der Waals surface area contributed by atoms with Crippen molar-refractivity contribution in [2.75, 3.05) is 7.11 Å². The fourth-order valence-corrected chi connectivity index (χ4v) is 1.87. The van der Waals surface area contributed by atoms with E-state index in [0.29, 0.717) is 5.76 Å². The molecule has 0 radical (unpaired) electrons. The summed E-state index contributed by atoms with van der Waals surface area (Å²) in [7, 11) is 0.796. The van der Waals surface area contributed by atoms with Crippen molar-refractivity contribution < 1.29 is 18.8 Å². The van der Waals surface area contributed by atoms with Crippen molar-refractivity contribution in [1.82, 2.24) is 9.78 Å². The molecule has 108 valence electrons. The average Bonchev–Trinajstić information content (AvgIpc) is 2.94. The second-order valence-corrected chi connectivity index (χ2v) is 5.77. The molecule has 1 aliphatic heterocycles. The molecule has 6 nitrogen and oxygen atoms in total. The summed E-state index contributed by atoms with van der Waals surface area (Å²) in [4.78, 5) is 11.8. The largest absolute Gasteiger partial charge is 0.566 e. The SMILES string of the molecule is C=C1OB(c2cnn(C(C)(C)C(=O)OC)c2)OC1(C)C. The van der Waals surface area contributed by atoms with E-state index in [-0.39, 0.29) is 5.97 Å². The Balaban J connectivity index is 2.23. The highest BCUT2D eigenvalue weighted by molar-refractivity contribution is 6.62. The number of methoxy groups -OCH3 is 1. The van der Waals surface area contributed by atoms with Gasteiger partial charge in [0.1, 0.15) is 5.60 Å². The summed E-state index contributed by atoms with van der Waals surface area (Å²) in [5, 5.41) is 4.20. The molecule has 0 N–H and O–H groups in total. The minimum atomic E-state index is -0.891. The molecule has 2 heterocycles. The number of hydrogen-bond donors (Lipinski definition) is 0.